The second-order valence-corrected chi connectivity index (χ2v) is 29.5. The number of nitrogens with zero attached hydrogens (tertiary/aromatic N) is 5. The molecular weight excluding hydrogens is 841 g/mol. The highest BCUT2D eigenvalue weighted by Gasteiger charge is 2.21. The van der Waals surface area contributed by atoms with E-state index in [-0.39, 0.29) is 19.7 Å². The molecule has 0 fully saturated rings. The Balaban J connectivity index is 0.000000241. The van der Waals surface area contributed by atoms with Crippen molar-refractivity contribution < 1.29 is 28.9 Å². The number of rotatable bonds is 22. The SMILES string of the molecule is C[Si](C)(C)CCOCn1c(CN(Cc2ccccc2)C(=O)O)nc2cccc(CCN)c21.C[Si](C)(C)CCOCn1c(CNC(=O)OCc2ccccc2)nc2c(CCN)cccc21. The summed E-state index contributed by atoms with van der Waals surface area (Å²) in [7, 11) is -2.38. The zero-order chi connectivity index (χ0) is 46.1. The zero-order valence-corrected chi connectivity index (χ0v) is 40.5. The molecule has 0 aliphatic heterocycles. The minimum absolute atomic E-state index is 0.179. The van der Waals surface area contributed by atoms with Crippen molar-refractivity contribution in [3.8, 4) is 0 Å². The number of ether oxygens (including phenoxy) is 3. The highest BCUT2D eigenvalue weighted by Crippen LogP contribution is 2.24. The number of carboxylic acid groups (broad SMARTS) is 1. The molecule has 0 aliphatic rings. The topological polar surface area (TPSA) is 185 Å². The number of imidazole rings is 2. The van der Waals surface area contributed by atoms with Crippen LogP contribution in [-0.2, 0) is 66.8 Å². The predicted molar refractivity (Wildman–Crippen MR) is 260 cm³/mol. The highest BCUT2D eigenvalue weighted by atomic mass is 28.3. The van der Waals surface area contributed by atoms with Crippen molar-refractivity contribution >= 4 is 50.4 Å². The van der Waals surface area contributed by atoms with Gasteiger partial charge in [-0.25, -0.2) is 19.6 Å². The molecule has 64 heavy (non-hydrogen) atoms. The van der Waals surface area contributed by atoms with Gasteiger partial charge in [-0.1, -0.05) is 124 Å². The van der Waals surface area contributed by atoms with E-state index < -0.39 is 28.3 Å². The predicted octanol–water partition coefficient (Wildman–Crippen LogP) is 8.81. The van der Waals surface area contributed by atoms with Crippen LogP contribution in [0.1, 0.15) is 33.9 Å². The lowest BCUT2D eigenvalue weighted by Crippen LogP contribution is -2.30. The van der Waals surface area contributed by atoms with Gasteiger partial charge in [0.2, 0.25) is 0 Å². The fraction of sp³-hybridized carbons (Fsp3) is 0.417. The van der Waals surface area contributed by atoms with Gasteiger partial charge < -0.3 is 45.2 Å². The third kappa shape index (κ3) is 15.4. The van der Waals surface area contributed by atoms with Crippen molar-refractivity contribution in [1.82, 2.24) is 29.3 Å². The van der Waals surface area contributed by atoms with Crippen LogP contribution in [0.2, 0.25) is 51.4 Å². The van der Waals surface area contributed by atoms with Crippen LogP contribution >= 0.6 is 0 Å². The first-order chi connectivity index (χ1) is 30.7. The summed E-state index contributed by atoms with van der Waals surface area (Å²) in [6, 6.07) is 33.4. The molecule has 2 aromatic heterocycles. The number of amides is 2. The molecule has 14 nitrogen and oxygen atoms in total. The van der Waals surface area contributed by atoms with Gasteiger partial charge in [0.25, 0.3) is 0 Å². The summed E-state index contributed by atoms with van der Waals surface area (Å²) in [5.74, 6) is 1.41. The Bertz CT molecular complexity index is 2380. The van der Waals surface area contributed by atoms with Crippen LogP contribution in [-0.4, -0.2) is 83.7 Å². The van der Waals surface area contributed by atoms with Gasteiger partial charge in [-0.05, 0) is 72.4 Å². The van der Waals surface area contributed by atoms with E-state index in [9.17, 15) is 14.7 Å². The summed E-state index contributed by atoms with van der Waals surface area (Å²) in [4.78, 5) is 35.3. The lowest BCUT2D eigenvalue weighted by Gasteiger charge is -2.21. The van der Waals surface area contributed by atoms with Crippen molar-refractivity contribution in [2.45, 2.75) is 104 Å². The van der Waals surface area contributed by atoms with Crippen LogP contribution < -0.4 is 16.8 Å². The summed E-state index contributed by atoms with van der Waals surface area (Å²) < 4.78 is 21.4. The number of benzene rings is 4. The van der Waals surface area contributed by atoms with Crippen LogP contribution in [0.15, 0.2) is 97.1 Å². The molecule has 0 saturated heterocycles. The summed E-state index contributed by atoms with van der Waals surface area (Å²) >= 11 is 0. The lowest BCUT2D eigenvalue weighted by molar-refractivity contribution is 0.0846. The van der Waals surface area contributed by atoms with E-state index in [1.54, 1.807) is 0 Å². The Kier molecular flexibility index (Phi) is 18.7. The van der Waals surface area contributed by atoms with Crippen molar-refractivity contribution in [3.05, 3.63) is 131 Å². The van der Waals surface area contributed by atoms with Crippen LogP contribution in [0.25, 0.3) is 22.1 Å². The number of nitrogens with one attached hydrogen (secondary N) is 1. The van der Waals surface area contributed by atoms with Crippen molar-refractivity contribution in [2.75, 3.05) is 26.3 Å². The smallest absolute Gasteiger partial charge is 0.408 e. The average Bonchev–Trinajstić information content (AvgIpc) is 3.80. The molecule has 2 heterocycles. The first-order valence-corrected chi connectivity index (χ1v) is 29.5. The van der Waals surface area contributed by atoms with E-state index in [1.165, 1.54) is 4.90 Å². The number of alkyl carbamates (subject to hydrolysis) is 1. The first kappa shape index (κ1) is 49.6. The number of carbonyl (C=O) groups is 2. The minimum Gasteiger partial charge on any atom is -0.465 e. The Morgan fingerprint density at radius 1 is 0.688 bits per heavy atom. The third-order valence-corrected chi connectivity index (χ3v) is 14.0. The molecule has 0 spiro atoms. The number of hydrogen-bond acceptors (Lipinski definition) is 9. The zero-order valence-electron chi connectivity index (χ0n) is 38.5. The van der Waals surface area contributed by atoms with E-state index in [1.807, 2.05) is 100 Å². The van der Waals surface area contributed by atoms with Gasteiger partial charge in [0, 0.05) is 35.9 Å². The number of fused-ring (bicyclic) bond motifs is 2. The maximum Gasteiger partial charge on any atom is 0.408 e. The summed E-state index contributed by atoms with van der Waals surface area (Å²) in [5.41, 5.74) is 19.4. The van der Waals surface area contributed by atoms with Gasteiger partial charge in [-0.15, -0.1) is 0 Å². The molecule has 0 atom stereocenters. The fourth-order valence-corrected chi connectivity index (χ4v) is 8.49. The second-order valence-electron chi connectivity index (χ2n) is 18.3. The maximum absolute atomic E-state index is 12.2. The van der Waals surface area contributed by atoms with Crippen molar-refractivity contribution in [3.63, 3.8) is 0 Å². The number of para-hydroxylation sites is 2. The Morgan fingerprint density at radius 3 is 1.88 bits per heavy atom. The van der Waals surface area contributed by atoms with Crippen molar-refractivity contribution in [2.24, 2.45) is 11.5 Å². The van der Waals surface area contributed by atoms with E-state index in [4.69, 9.17) is 35.6 Å². The lowest BCUT2D eigenvalue weighted by atomic mass is 10.1. The molecule has 0 aliphatic carbocycles. The molecule has 344 valence electrons. The minimum atomic E-state index is -1.21. The van der Waals surface area contributed by atoms with Crippen LogP contribution in [0, 0.1) is 0 Å². The molecule has 16 heteroatoms. The van der Waals surface area contributed by atoms with Gasteiger partial charge in [0.05, 0.1) is 35.2 Å². The molecule has 0 unspecified atom stereocenters. The highest BCUT2D eigenvalue weighted by molar-refractivity contribution is 6.76. The standard InChI is InChI=1S/2C24H34N4O3Si/c1-32(2,3)15-14-30-18-28-21-11-7-10-20(12-13-25)23(21)27-22(28)16-26-24(29)31-17-19-8-5-4-6-9-19;1-32(2,3)15-14-31-18-28-22(26-21-11-7-10-20(12-13-25)23(21)28)17-27(24(29)30)16-19-8-5-4-6-9-19/h4-11H,12-18,25H2,1-3H3,(H,26,29);4-11H,12-18,25H2,1-3H3,(H,29,30). The Hall–Kier alpha value is -5.37. The summed E-state index contributed by atoms with van der Waals surface area (Å²) in [6.07, 6.45) is 0.0181. The van der Waals surface area contributed by atoms with Gasteiger partial charge in [-0.3, -0.25) is 4.90 Å². The molecule has 2 amide bonds. The van der Waals surface area contributed by atoms with Crippen LogP contribution in [0.4, 0.5) is 9.59 Å². The molecule has 6 aromatic rings. The number of nitrogens with two attached hydrogens (primary N) is 2. The monoisotopic (exact) mass is 908 g/mol. The quantitative estimate of drug-likeness (QED) is 0.0379. The van der Waals surface area contributed by atoms with Crippen LogP contribution in [0.5, 0.6) is 0 Å². The molecule has 0 saturated carbocycles. The largest absolute Gasteiger partial charge is 0.465 e. The van der Waals surface area contributed by atoms with Gasteiger partial charge in [-0.2, -0.15) is 0 Å². The number of hydrogen-bond donors (Lipinski definition) is 4. The van der Waals surface area contributed by atoms with Gasteiger partial charge >= 0.3 is 12.2 Å². The maximum atomic E-state index is 12.2. The molecule has 6 rings (SSSR count). The molecule has 0 radical (unpaired) electrons. The van der Waals surface area contributed by atoms with Crippen molar-refractivity contribution in [1.29, 1.82) is 0 Å². The van der Waals surface area contributed by atoms with Gasteiger partial charge in [0.15, 0.2) is 0 Å². The molecule has 0 bridgehead atoms. The summed E-state index contributed by atoms with van der Waals surface area (Å²) in [6.45, 7) is 18.1. The average molecular weight is 909 g/mol. The third-order valence-electron chi connectivity index (χ3n) is 10.6. The van der Waals surface area contributed by atoms with E-state index in [0.29, 0.717) is 52.1 Å². The van der Waals surface area contributed by atoms with E-state index in [0.717, 1.165) is 75.1 Å². The normalized spacial score (nSPS) is 11.7. The Labute approximate surface area is 379 Å². The summed E-state index contributed by atoms with van der Waals surface area (Å²) in [5, 5.41) is 12.7. The number of carbonyl (C=O) groups excluding carboxylic acids is 1. The Morgan fingerprint density at radius 2 is 1.27 bits per heavy atom. The number of aromatic nitrogens is 4. The van der Waals surface area contributed by atoms with E-state index >= 15 is 0 Å². The second kappa shape index (κ2) is 24.1. The fourth-order valence-electron chi connectivity index (χ4n) is 6.97. The first-order valence-electron chi connectivity index (χ1n) is 22.1. The van der Waals surface area contributed by atoms with Gasteiger partial charge in [0.1, 0.15) is 31.7 Å². The molecule has 6 N–H and O–H groups in total. The van der Waals surface area contributed by atoms with Crippen LogP contribution in [0.3, 0.4) is 0 Å². The molecular formula is C48H68N8O6Si2. The van der Waals surface area contributed by atoms with E-state index in [2.05, 4.69) is 50.7 Å². The molecule has 4 aromatic carbocycles.